The standard InChI is InChI=1S/C18H22O12P2/c1-25-13-8-7-12(16(29-31(19,20)21)18(13)30-32(22,23)24)6-5-11-9-14(26-2)17(28-4)15(10-11)27-3/h5-10H,1-4H3,(H2,19,20,21)(H2,22,23,24)/b6-5+. The topological polar surface area (TPSA) is 170 Å². The Kier molecular flexibility index (Phi) is 8.19. The monoisotopic (exact) mass is 492 g/mol. The molecule has 0 saturated carbocycles. The predicted octanol–water partition coefficient (Wildman–Crippen LogP) is 2.83. The fourth-order valence-corrected chi connectivity index (χ4v) is 3.49. The quantitative estimate of drug-likeness (QED) is 0.283. The minimum Gasteiger partial charge on any atom is -0.493 e. The van der Waals surface area contributed by atoms with Crippen LogP contribution in [0.4, 0.5) is 0 Å². The highest BCUT2D eigenvalue weighted by atomic mass is 31.2. The summed E-state index contributed by atoms with van der Waals surface area (Å²) in [7, 11) is -4.79. The average molecular weight is 492 g/mol. The van der Waals surface area contributed by atoms with Crippen molar-refractivity contribution < 1.29 is 56.7 Å². The molecule has 0 fully saturated rings. The van der Waals surface area contributed by atoms with Crippen molar-refractivity contribution in [3.63, 3.8) is 0 Å². The van der Waals surface area contributed by atoms with Crippen molar-refractivity contribution in [1.29, 1.82) is 0 Å². The number of methoxy groups -OCH3 is 4. The van der Waals surface area contributed by atoms with E-state index in [4.69, 9.17) is 18.9 Å². The Balaban J connectivity index is 2.65. The zero-order valence-electron chi connectivity index (χ0n) is 17.4. The zero-order valence-corrected chi connectivity index (χ0v) is 19.2. The molecular weight excluding hydrogens is 470 g/mol. The number of benzene rings is 2. The lowest BCUT2D eigenvalue weighted by atomic mass is 10.1. The first-order valence-electron chi connectivity index (χ1n) is 8.61. The van der Waals surface area contributed by atoms with E-state index in [1.165, 1.54) is 52.7 Å². The van der Waals surface area contributed by atoms with E-state index in [1.54, 1.807) is 12.1 Å². The van der Waals surface area contributed by atoms with E-state index in [9.17, 15) is 28.7 Å². The van der Waals surface area contributed by atoms with Gasteiger partial charge in [-0.05, 0) is 29.8 Å². The molecule has 0 aliphatic rings. The van der Waals surface area contributed by atoms with Crippen LogP contribution in [0, 0.1) is 0 Å². The van der Waals surface area contributed by atoms with E-state index in [0.29, 0.717) is 22.8 Å². The van der Waals surface area contributed by atoms with Gasteiger partial charge in [0, 0.05) is 5.56 Å². The highest BCUT2D eigenvalue weighted by Gasteiger charge is 2.29. The molecule has 0 radical (unpaired) electrons. The van der Waals surface area contributed by atoms with Crippen molar-refractivity contribution in [2.75, 3.05) is 28.4 Å². The van der Waals surface area contributed by atoms with E-state index in [1.807, 2.05) is 0 Å². The second-order valence-electron chi connectivity index (χ2n) is 5.97. The minimum atomic E-state index is -5.15. The summed E-state index contributed by atoms with van der Waals surface area (Å²) >= 11 is 0. The fourth-order valence-electron chi connectivity index (χ4n) is 2.65. The average Bonchev–Trinajstić information content (AvgIpc) is 2.71. The summed E-state index contributed by atoms with van der Waals surface area (Å²) in [5, 5.41) is 0. The largest absolute Gasteiger partial charge is 0.525 e. The summed E-state index contributed by atoms with van der Waals surface area (Å²) in [6, 6.07) is 5.85. The van der Waals surface area contributed by atoms with E-state index >= 15 is 0 Å². The highest BCUT2D eigenvalue weighted by molar-refractivity contribution is 7.47. The lowest BCUT2D eigenvalue weighted by Crippen LogP contribution is -2.00. The Hall–Kier alpha value is -2.72. The van der Waals surface area contributed by atoms with Crippen LogP contribution in [0.3, 0.4) is 0 Å². The molecule has 0 atom stereocenters. The van der Waals surface area contributed by atoms with Gasteiger partial charge < -0.3 is 28.0 Å². The van der Waals surface area contributed by atoms with Crippen LogP contribution in [0.15, 0.2) is 24.3 Å². The van der Waals surface area contributed by atoms with Crippen LogP contribution < -0.4 is 28.0 Å². The van der Waals surface area contributed by atoms with E-state index in [0.717, 1.165) is 0 Å². The second kappa shape index (κ2) is 10.3. The summed E-state index contributed by atoms with van der Waals surface area (Å²) in [4.78, 5) is 37.0. The van der Waals surface area contributed by atoms with Gasteiger partial charge in [0.15, 0.2) is 23.0 Å². The maximum absolute atomic E-state index is 11.5. The van der Waals surface area contributed by atoms with Gasteiger partial charge in [-0.1, -0.05) is 12.2 Å². The molecule has 0 spiro atoms. The maximum atomic E-state index is 11.5. The number of hydrogen-bond acceptors (Lipinski definition) is 8. The number of ether oxygens (including phenoxy) is 4. The molecular formula is C18H22O12P2. The van der Waals surface area contributed by atoms with Crippen LogP contribution >= 0.6 is 15.6 Å². The van der Waals surface area contributed by atoms with Crippen molar-refractivity contribution >= 4 is 27.8 Å². The molecule has 2 aromatic rings. The van der Waals surface area contributed by atoms with E-state index in [-0.39, 0.29) is 11.3 Å². The number of phosphoric ester groups is 2. The van der Waals surface area contributed by atoms with Crippen molar-refractivity contribution in [2.45, 2.75) is 0 Å². The zero-order chi connectivity index (χ0) is 24.1. The third-order valence-electron chi connectivity index (χ3n) is 3.89. The molecule has 14 heteroatoms. The molecule has 4 N–H and O–H groups in total. The van der Waals surface area contributed by atoms with Gasteiger partial charge >= 0.3 is 15.6 Å². The lowest BCUT2D eigenvalue weighted by molar-refractivity contribution is 0.258. The molecule has 2 rings (SSSR count). The number of rotatable bonds is 10. The SMILES string of the molecule is COc1cc(/C=C/c2ccc(OC)c(OP(=O)(O)O)c2OP(=O)(O)O)cc(OC)c1OC. The third kappa shape index (κ3) is 6.64. The molecule has 0 amide bonds. The Morgan fingerprint density at radius 3 is 1.59 bits per heavy atom. The minimum absolute atomic E-state index is 0.0197. The van der Waals surface area contributed by atoms with E-state index < -0.39 is 27.1 Å². The lowest BCUT2D eigenvalue weighted by Gasteiger charge is -2.18. The summed E-state index contributed by atoms with van der Waals surface area (Å²) in [6.07, 6.45) is 2.89. The molecule has 0 unspecified atom stereocenters. The Morgan fingerprint density at radius 2 is 1.16 bits per heavy atom. The fraction of sp³-hybridized carbons (Fsp3) is 0.222. The summed E-state index contributed by atoms with van der Waals surface area (Å²) in [6.45, 7) is 0. The molecule has 2 aromatic carbocycles. The predicted molar refractivity (Wildman–Crippen MR) is 113 cm³/mol. The first kappa shape index (κ1) is 25.5. The van der Waals surface area contributed by atoms with Crippen molar-refractivity contribution in [2.24, 2.45) is 0 Å². The molecule has 12 nitrogen and oxygen atoms in total. The van der Waals surface area contributed by atoms with Crippen molar-refractivity contribution in [3.05, 3.63) is 35.4 Å². The molecule has 0 aromatic heterocycles. The Bertz CT molecular complexity index is 1060. The van der Waals surface area contributed by atoms with Crippen LogP contribution in [-0.2, 0) is 9.13 Å². The third-order valence-corrected chi connectivity index (χ3v) is 4.73. The normalized spacial score (nSPS) is 11.9. The second-order valence-corrected chi connectivity index (χ2v) is 8.30. The molecule has 0 bridgehead atoms. The van der Waals surface area contributed by atoms with Gasteiger partial charge in [0.2, 0.25) is 11.5 Å². The summed E-state index contributed by atoms with van der Waals surface area (Å²) in [5.41, 5.74) is 0.557. The number of phosphoric acid groups is 2. The van der Waals surface area contributed by atoms with Gasteiger partial charge in [0.1, 0.15) is 0 Å². The van der Waals surface area contributed by atoms with Crippen molar-refractivity contribution in [1.82, 2.24) is 0 Å². The summed E-state index contributed by atoms with van der Waals surface area (Å²) in [5.74, 6) is -0.459. The molecule has 176 valence electrons. The van der Waals surface area contributed by atoms with Crippen LogP contribution in [0.5, 0.6) is 34.5 Å². The molecule has 0 heterocycles. The summed E-state index contributed by atoms with van der Waals surface area (Å²) < 4.78 is 52.9. The van der Waals surface area contributed by atoms with Gasteiger partial charge in [-0.3, -0.25) is 19.6 Å². The molecule has 0 aliphatic heterocycles. The smallest absolute Gasteiger partial charge is 0.493 e. The first-order chi connectivity index (χ1) is 14.9. The van der Waals surface area contributed by atoms with Gasteiger partial charge in [0.05, 0.1) is 28.4 Å². The van der Waals surface area contributed by atoms with Crippen LogP contribution in [-0.4, -0.2) is 48.0 Å². The van der Waals surface area contributed by atoms with Gasteiger partial charge in [-0.15, -0.1) is 0 Å². The Morgan fingerprint density at radius 1 is 0.656 bits per heavy atom. The highest BCUT2D eigenvalue weighted by Crippen LogP contribution is 2.53. The van der Waals surface area contributed by atoms with Gasteiger partial charge in [-0.25, -0.2) is 9.13 Å². The molecule has 32 heavy (non-hydrogen) atoms. The first-order valence-corrected chi connectivity index (χ1v) is 11.7. The van der Waals surface area contributed by atoms with Crippen LogP contribution in [0.25, 0.3) is 12.2 Å². The van der Waals surface area contributed by atoms with Crippen LogP contribution in [0.2, 0.25) is 0 Å². The maximum Gasteiger partial charge on any atom is 0.525 e. The molecule has 0 aliphatic carbocycles. The van der Waals surface area contributed by atoms with Gasteiger partial charge in [-0.2, -0.15) is 0 Å². The molecule has 0 saturated heterocycles. The van der Waals surface area contributed by atoms with Gasteiger partial charge in [0.25, 0.3) is 0 Å². The Labute approximate surface area is 183 Å². The van der Waals surface area contributed by atoms with E-state index in [2.05, 4.69) is 9.05 Å². The van der Waals surface area contributed by atoms with Crippen molar-refractivity contribution in [3.8, 4) is 34.5 Å². The van der Waals surface area contributed by atoms with Crippen LogP contribution in [0.1, 0.15) is 11.1 Å². The number of hydrogen-bond donors (Lipinski definition) is 4.